The molecule has 2 heteroatoms. The summed E-state index contributed by atoms with van der Waals surface area (Å²) in [5.74, 6) is 0.786. The molecule has 2 rings (SSSR count). The van der Waals surface area contributed by atoms with Gasteiger partial charge in [-0.05, 0) is 30.7 Å². The summed E-state index contributed by atoms with van der Waals surface area (Å²) in [7, 11) is 0. The minimum Gasteiger partial charge on any atom is -0.461 e. The number of hydrogen-bond acceptors (Lipinski definition) is 1. The molecule has 1 aromatic carbocycles. The summed E-state index contributed by atoms with van der Waals surface area (Å²) in [6.07, 6.45) is 11.5. The maximum Gasteiger partial charge on any atom is 0.134 e. The van der Waals surface area contributed by atoms with Gasteiger partial charge in [0, 0.05) is 11.8 Å². The molecule has 0 spiro atoms. The summed E-state index contributed by atoms with van der Waals surface area (Å²) < 4.78 is 18.8. The maximum absolute atomic E-state index is 13.1. The maximum atomic E-state index is 13.1. The van der Waals surface area contributed by atoms with E-state index in [9.17, 15) is 4.39 Å². The van der Waals surface area contributed by atoms with E-state index >= 15 is 0 Å². The molecular weight excluding hydrogens is 251 g/mol. The van der Waals surface area contributed by atoms with Crippen LogP contribution in [0, 0.1) is 5.82 Å². The van der Waals surface area contributed by atoms with Gasteiger partial charge >= 0.3 is 0 Å². The average Bonchev–Trinajstić information content (AvgIpc) is 2.83. The summed E-state index contributed by atoms with van der Waals surface area (Å²) in [4.78, 5) is 0. The number of fused-ring (bicyclic) bond motifs is 1. The fraction of sp³-hybridized carbons (Fsp3) is 0.556. The lowest BCUT2D eigenvalue weighted by Gasteiger charge is -2.00. The van der Waals surface area contributed by atoms with Crippen LogP contribution in [0.3, 0.4) is 0 Å². The van der Waals surface area contributed by atoms with Crippen LogP contribution in [0.4, 0.5) is 4.39 Å². The van der Waals surface area contributed by atoms with Crippen LogP contribution in [0.15, 0.2) is 28.7 Å². The van der Waals surface area contributed by atoms with Gasteiger partial charge in [-0.2, -0.15) is 0 Å². The molecule has 0 aliphatic rings. The van der Waals surface area contributed by atoms with Gasteiger partial charge in [-0.1, -0.05) is 51.9 Å². The van der Waals surface area contributed by atoms with Crippen LogP contribution in [0.25, 0.3) is 11.0 Å². The molecule has 0 amide bonds. The predicted octanol–water partition coefficient (Wildman–Crippen LogP) is 6.26. The zero-order valence-electron chi connectivity index (χ0n) is 12.5. The van der Waals surface area contributed by atoms with Crippen molar-refractivity contribution in [3.63, 3.8) is 0 Å². The van der Waals surface area contributed by atoms with Crippen LogP contribution in [0.5, 0.6) is 0 Å². The summed E-state index contributed by atoms with van der Waals surface area (Å²) in [5, 5.41) is 0.875. The van der Waals surface area contributed by atoms with Crippen molar-refractivity contribution in [3.8, 4) is 0 Å². The third-order valence-electron chi connectivity index (χ3n) is 3.81. The fourth-order valence-corrected chi connectivity index (χ4v) is 2.63. The molecule has 0 saturated carbocycles. The molecule has 20 heavy (non-hydrogen) atoms. The first-order valence-corrected chi connectivity index (χ1v) is 7.97. The van der Waals surface area contributed by atoms with Crippen molar-refractivity contribution in [1.29, 1.82) is 0 Å². The Bertz CT molecular complexity index is 515. The van der Waals surface area contributed by atoms with E-state index in [1.165, 1.54) is 57.1 Å². The average molecular weight is 276 g/mol. The molecule has 1 heterocycles. The van der Waals surface area contributed by atoms with Crippen molar-refractivity contribution in [2.24, 2.45) is 0 Å². The zero-order chi connectivity index (χ0) is 14.2. The SMILES string of the molecule is CCCCCCCCCCc1cc2cc(F)ccc2o1. The molecular formula is C18H25FO. The lowest BCUT2D eigenvalue weighted by Crippen LogP contribution is -1.84. The molecule has 0 fully saturated rings. The molecule has 0 atom stereocenters. The molecule has 0 saturated heterocycles. The number of furan rings is 1. The Morgan fingerprint density at radius 3 is 2.35 bits per heavy atom. The third-order valence-corrected chi connectivity index (χ3v) is 3.81. The van der Waals surface area contributed by atoms with Gasteiger partial charge in [0.2, 0.25) is 0 Å². The zero-order valence-corrected chi connectivity index (χ0v) is 12.5. The van der Waals surface area contributed by atoms with Gasteiger partial charge in [0.25, 0.3) is 0 Å². The molecule has 0 aliphatic carbocycles. The molecule has 0 aliphatic heterocycles. The van der Waals surface area contributed by atoms with Crippen molar-refractivity contribution >= 4 is 11.0 Å². The van der Waals surface area contributed by atoms with Gasteiger partial charge in [-0.25, -0.2) is 4.39 Å². The van der Waals surface area contributed by atoms with Gasteiger partial charge in [0.15, 0.2) is 0 Å². The number of rotatable bonds is 9. The Balaban J connectivity index is 1.65. The van der Waals surface area contributed by atoms with E-state index in [0.717, 1.165) is 29.6 Å². The number of halogens is 1. The molecule has 0 unspecified atom stereocenters. The summed E-state index contributed by atoms with van der Waals surface area (Å²) in [5.41, 5.74) is 0.793. The molecule has 110 valence electrons. The van der Waals surface area contributed by atoms with E-state index in [2.05, 4.69) is 6.92 Å². The molecule has 1 nitrogen and oxygen atoms in total. The second-order valence-electron chi connectivity index (χ2n) is 5.62. The Labute approximate surface area is 121 Å². The van der Waals surface area contributed by atoms with Gasteiger partial charge in [0.05, 0.1) is 0 Å². The quantitative estimate of drug-likeness (QED) is 0.493. The van der Waals surface area contributed by atoms with Crippen LogP contribution in [-0.4, -0.2) is 0 Å². The minimum absolute atomic E-state index is 0.197. The van der Waals surface area contributed by atoms with E-state index in [1.54, 1.807) is 6.07 Å². The smallest absolute Gasteiger partial charge is 0.134 e. The van der Waals surface area contributed by atoms with Gasteiger partial charge in [-0.3, -0.25) is 0 Å². The highest BCUT2D eigenvalue weighted by atomic mass is 19.1. The van der Waals surface area contributed by atoms with Crippen LogP contribution in [0.2, 0.25) is 0 Å². The van der Waals surface area contributed by atoms with Crippen molar-refractivity contribution in [3.05, 3.63) is 35.8 Å². The van der Waals surface area contributed by atoms with Gasteiger partial charge in [-0.15, -0.1) is 0 Å². The second-order valence-corrected chi connectivity index (χ2v) is 5.62. The highest BCUT2D eigenvalue weighted by Crippen LogP contribution is 2.22. The molecule has 2 aromatic rings. The topological polar surface area (TPSA) is 13.1 Å². The molecule has 0 N–H and O–H groups in total. The number of benzene rings is 1. The molecule has 0 radical (unpaired) electrons. The summed E-state index contributed by atoms with van der Waals surface area (Å²) in [6, 6.07) is 6.67. The van der Waals surface area contributed by atoms with E-state index in [1.807, 2.05) is 6.07 Å². The van der Waals surface area contributed by atoms with E-state index in [-0.39, 0.29) is 5.82 Å². The minimum atomic E-state index is -0.197. The molecule has 1 aromatic heterocycles. The Hall–Kier alpha value is -1.31. The standard InChI is InChI=1S/C18H25FO/c1-2-3-4-5-6-7-8-9-10-17-14-15-13-16(19)11-12-18(15)20-17/h11-14H,2-10H2,1H3. The lowest BCUT2D eigenvalue weighted by atomic mass is 10.1. The number of aryl methyl sites for hydroxylation is 1. The normalized spacial score (nSPS) is 11.3. The van der Waals surface area contributed by atoms with E-state index < -0.39 is 0 Å². The Morgan fingerprint density at radius 2 is 1.60 bits per heavy atom. The highest BCUT2D eigenvalue weighted by molar-refractivity contribution is 5.77. The second kappa shape index (κ2) is 8.08. The third kappa shape index (κ3) is 4.66. The van der Waals surface area contributed by atoms with Crippen molar-refractivity contribution < 1.29 is 8.81 Å². The van der Waals surface area contributed by atoms with E-state index in [4.69, 9.17) is 4.42 Å². The molecule has 0 bridgehead atoms. The largest absolute Gasteiger partial charge is 0.461 e. The van der Waals surface area contributed by atoms with Crippen LogP contribution in [-0.2, 0) is 6.42 Å². The van der Waals surface area contributed by atoms with Gasteiger partial charge in [0.1, 0.15) is 17.2 Å². The number of hydrogen-bond donors (Lipinski definition) is 0. The Morgan fingerprint density at radius 1 is 0.900 bits per heavy atom. The summed E-state index contributed by atoms with van der Waals surface area (Å²) >= 11 is 0. The van der Waals surface area contributed by atoms with Crippen molar-refractivity contribution in [1.82, 2.24) is 0 Å². The first-order valence-electron chi connectivity index (χ1n) is 7.97. The van der Waals surface area contributed by atoms with Gasteiger partial charge < -0.3 is 4.42 Å². The van der Waals surface area contributed by atoms with E-state index in [0.29, 0.717) is 0 Å². The monoisotopic (exact) mass is 276 g/mol. The fourth-order valence-electron chi connectivity index (χ4n) is 2.63. The van der Waals surface area contributed by atoms with Crippen LogP contribution in [0.1, 0.15) is 64.1 Å². The lowest BCUT2D eigenvalue weighted by molar-refractivity contribution is 0.517. The predicted molar refractivity (Wildman–Crippen MR) is 82.5 cm³/mol. The Kier molecular flexibility index (Phi) is 6.10. The first-order chi connectivity index (χ1) is 9.79. The van der Waals surface area contributed by atoms with Crippen molar-refractivity contribution in [2.45, 2.75) is 64.7 Å². The van der Waals surface area contributed by atoms with Crippen molar-refractivity contribution in [2.75, 3.05) is 0 Å². The summed E-state index contributed by atoms with van der Waals surface area (Å²) in [6.45, 7) is 2.25. The van der Waals surface area contributed by atoms with Crippen LogP contribution < -0.4 is 0 Å². The highest BCUT2D eigenvalue weighted by Gasteiger charge is 2.04. The van der Waals surface area contributed by atoms with Crippen LogP contribution >= 0.6 is 0 Å². The number of unbranched alkanes of at least 4 members (excludes halogenated alkanes) is 7. The first kappa shape index (κ1) is 15.1.